The first-order chi connectivity index (χ1) is 15.9. The number of nitrogens with one attached hydrogen (secondary N) is 3. The number of hydrogen-bond donors (Lipinski definition) is 3. The van der Waals surface area contributed by atoms with Crippen molar-refractivity contribution in [1.82, 2.24) is 5.43 Å². The van der Waals surface area contributed by atoms with E-state index in [1.165, 1.54) is 18.3 Å². The van der Waals surface area contributed by atoms with Crippen molar-refractivity contribution < 1.29 is 23.5 Å². The summed E-state index contributed by atoms with van der Waals surface area (Å²) in [7, 11) is 0. The van der Waals surface area contributed by atoms with Gasteiger partial charge < -0.3 is 15.4 Å². The number of ether oxygens (including phenoxy) is 1. The van der Waals surface area contributed by atoms with Gasteiger partial charge in [-0.15, -0.1) is 0 Å². The summed E-state index contributed by atoms with van der Waals surface area (Å²) >= 11 is 5.88. The fourth-order valence-corrected chi connectivity index (χ4v) is 2.72. The molecule has 0 saturated heterocycles. The van der Waals surface area contributed by atoms with E-state index in [0.29, 0.717) is 22.0 Å². The molecule has 0 aromatic heterocycles. The second-order valence-corrected chi connectivity index (χ2v) is 7.02. The number of benzene rings is 3. The van der Waals surface area contributed by atoms with Gasteiger partial charge in [0.2, 0.25) is 0 Å². The zero-order valence-corrected chi connectivity index (χ0v) is 17.8. The van der Waals surface area contributed by atoms with Gasteiger partial charge in [0.15, 0.2) is 6.61 Å². The van der Waals surface area contributed by atoms with Crippen LogP contribution >= 0.6 is 11.6 Å². The van der Waals surface area contributed by atoms with Crippen molar-refractivity contribution in [2.24, 2.45) is 5.10 Å². The molecule has 10 heteroatoms. The van der Waals surface area contributed by atoms with Crippen molar-refractivity contribution in [3.8, 4) is 5.75 Å². The summed E-state index contributed by atoms with van der Waals surface area (Å²) in [5.74, 6) is -2.38. The van der Waals surface area contributed by atoms with Crippen LogP contribution in [-0.4, -0.2) is 30.5 Å². The van der Waals surface area contributed by atoms with Crippen LogP contribution in [0.3, 0.4) is 0 Å². The van der Waals surface area contributed by atoms with Crippen molar-refractivity contribution >= 4 is 46.9 Å². The maximum Gasteiger partial charge on any atom is 0.329 e. The number of anilines is 2. The SMILES string of the molecule is O=C(COc1cccc(/C=N\NC(=O)C(=O)Nc2ccc(F)cc2)c1)Nc1cccc(Cl)c1. The summed E-state index contributed by atoms with van der Waals surface area (Å²) in [6.07, 6.45) is 1.31. The van der Waals surface area contributed by atoms with Crippen molar-refractivity contribution in [3.63, 3.8) is 0 Å². The first-order valence-corrected chi connectivity index (χ1v) is 9.95. The van der Waals surface area contributed by atoms with Crippen LogP contribution < -0.4 is 20.8 Å². The van der Waals surface area contributed by atoms with Crippen LogP contribution in [0.1, 0.15) is 5.56 Å². The number of carbonyl (C=O) groups is 3. The van der Waals surface area contributed by atoms with Crippen molar-refractivity contribution in [1.29, 1.82) is 0 Å². The molecule has 3 aromatic carbocycles. The van der Waals surface area contributed by atoms with E-state index < -0.39 is 17.6 Å². The Balaban J connectivity index is 1.47. The summed E-state index contributed by atoms with van der Waals surface area (Å²) in [4.78, 5) is 35.7. The summed E-state index contributed by atoms with van der Waals surface area (Å²) in [5, 5.41) is 9.21. The minimum absolute atomic E-state index is 0.229. The van der Waals surface area contributed by atoms with Crippen molar-refractivity contribution in [3.05, 3.63) is 89.2 Å². The Bertz CT molecular complexity index is 1190. The van der Waals surface area contributed by atoms with Gasteiger partial charge in [0.05, 0.1) is 6.21 Å². The topological polar surface area (TPSA) is 109 Å². The van der Waals surface area contributed by atoms with Gasteiger partial charge in [-0.1, -0.05) is 29.8 Å². The van der Waals surface area contributed by atoms with Crippen LogP contribution in [-0.2, 0) is 14.4 Å². The highest BCUT2D eigenvalue weighted by Gasteiger charge is 2.12. The normalized spacial score (nSPS) is 10.5. The third-order valence-corrected chi connectivity index (χ3v) is 4.26. The fourth-order valence-electron chi connectivity index (χ4n) is 2.53. The van der Waals surface area contributed by atoms with Crippen LogP contribution in [0.2, 0.25) is 5.02 Å². The molecule has 0 unspecified atom stereocenters. The van der Waals surface area contributed by atoms with E-state index in [1.807, 2.05) is 0 Å². The molecule has 0 heterocycles. The highest BCUT2D eigenvalue weighted by molar-refractivity contribution is 6.39. The molecule has 0 radical (unpaired) electrons. The average molecular weight is 469 g/mol. The number of rotatable bonds is 7. The van der Waals surface area contributed by atoms with Gasteiger partial charge in [-0.05, 0) is 60.2 Å². The second kappa shape index (κ2) is 11.4. The Morgan fingerprint density at radius 1 is 0.909 bits per heavy atom. The van der Waals surface area contributed by atoms with Gasteiger partial charge in [-0.3, -0.25) is 14.4 Å². The zero-order valence-electron chi connectivity index (χ0n) is 17.0. The van der Waals surface area contributed by atoms with Gasteiger partial charge in [-0.2, -0.15) is 5.10 Å². The largest absolute Gasteiger partial charge is 0.484 e. The Labute approximate surface area is 193 Å². The third-order valence-electron chi connectivity index (χ3n) is 4.02. The van der Waals surface area contributed by atoms with Crippen LogP contribution in [0.25, 0.3) is 0 Å². The summed E-state index contributed by atoms with van der Waals surface area (Å²) in [6.45, 7) is -0.229. The van der Waals surface area contributed by atoms with E-state index in [2.05, 4.69) is 21.2 Å². The Hall–Kier alpha value is -4.24. The minimum Gasteiger partial charge on any atom is -0.484 e. The number of nitrogens with zero attached hydrogens (tertiary/aromatic N) is 1. The quantitative estimate of drug-likeness (QED) is 0.280. The minimum atomic E-state index is -0.999. The zero-order chi connectivity index (χ0) is 23.6. The Morgan fingerprint density at radius 2 is 1.67 bits per heavy atom. The van der Waals surface area contributed by atoms with E-state index in [0.717, 1.165) is 12.1 Å². The smallest absolute Gasteiger partial charge is 0.329 e. The lowest BCUT2D eigenvalue weighted by molar-refractivity contribution is -0.136. The van der Waals surface area contributed by atoms with Gasteiger partial charge in [0.1, 0.15) is 11.6 Å². The lowest BCUT2D eigenvalue weighted by atomic mass is 10.2. The van der Waals surface area contributed by atoms with E-state index >= 15 is 0 Å². The average Bonchev–Trinajstić information content (AvgIpc) is 2.79. The monoisotopic (exact) mass is 468 g/mol. The molecule has 33 heavy (non-hydrogen) atoms. The number of amides is 3. The van der Waals surface area contributed by atoms with E-state index in [9.17, 15) is 18.8 Å². The molecule has 0 aliphatic heterocycles. The van der Waals surface area contributed by atoms with E-state index in [4.69, 9.17) is 16.3 Å². The first-order valence-electron chi connectivity index (χ1n) is 9.57. The molecule has 0 saturated carbocycles. The maximum absolute atomic E-state index is 12.9. The lowest BCUT2D eigenvalue weighted by Crippen LogP contribution is -2.32. The van der Waals surface area contributed by atoms with Crippen molar-refractivity contribution in [2.45, 2.75) is 0 Å². The molecule has 0 aliphatic rings. The lowest BCUT2D eigenvalue weighted by Gasteiger charge is -2.08. The number of halogens is 2. The van der Waals surface area contributed by atoms with E-state index in [-0.39, 0.29) is 18.2 Å². The molecule has 3 N–H and O–H groups in total. The van der Waals surface area contributed by atoms with Gasteiger partial charge in [-0.25, -0.2) is 9.82 Å². The molecule has 168 valence electrons. The predicted molar refractivity (Wildman–Crippen MR) is 123 cm³/mol. The van der Waals surface area contributed by atoms with Crippen LogP contribution in [0.15, 0.2) is 77.9 Å². The Morgan fingerprint density at radius 3 is 2.42 bits per heavy atom. The molecule has 0 bridgehead atoms. The van der Waals surface area contributed by atoms with Crippen molar-refractivity contribution in [2.75, 3.05) is 17.2 Å². The fraction of sp³-hybridized carbons (Fsp3) is 0.0435. The highest BCUT2D eigenvalue weighted by atomic mass is 35.5. The molecule has 0 atom stereocenters. The summed E-state index contributed by atoms with van der Waals surface area (Å²) in [6, 6.07) is 18.3. The Kier molecular flexibility index (Phi) is 8.09. The predicted octanol–water partition coefficient (Wildman–Crippen LogP) is 3.59. The van der Waals surface area contributed by atoms with Gasteiger partial charge in [0, 0.05) is 16.4 Å². The van der Waals surface area contributed by atoms with Crippen LogP contribution in [0.5, 0.6) is 5.75 Å². The maximum atomic E-state index is 12.9. The number of carbonyl (C=O) groups excluding carboxylic acids is 3. The second-order valence-electron chi connectivity index (χ2n) is 6.58. The third kappa shape index (κ3) is 7.75. The molecule has 3 aromatic rings. The summed E-state index contributed by atoms with van der Waals surface area (Å²) in [5.41, 5.74) is 3.47. The molecular formula is C23H18ClFN4O4. The molecule has 3 rings (SSSR count). The summed E-state index contributed by atoms with van der Waals surface area (Å²) < 4.78 is 18.4. The molecule has 0 aliphatic carbocycles. The van der Waals surface area contributed by atoms with Crippen LogP contribution in [0.4, 0.5) is 15.8 Å². The van der Waals surface area contributed by atoms with Gasteiger partial charge in [0.25, 0.3) is 5.91 Å². The number of hydrogen-bond acceptors (Lipinski definition) is 5. The molecule has 0 fully saturated rings. The molecule has 0 spiro atoms. The van der Waals surface area contributed by atoms with Gasteiger partial charge >= 0.3 is 11.8 Å². The first kappa shape index (κ1) is 23.4. The van der Waals surface area contributed by atoms with Crippen LogP contribution in [0, 0.1) is 5.82 Å². The number of hydrazone groups is 1. The van der Waals surface area contributed by atoms with E-state index in [1.54, 1.807) is 48.5 Å². The highest BCUT2D eigenvalue weighted by Crippen LogP contribution is 2.15. The molecule has 8 nitrogen and oxygen atoms in total. The molecular weight excluding hydrogens is 451 g/mol. The molecule has 3 amide bonds. The standard InChI is InChI=1S/C23H18ClFN4O4/c24-16-4-2-5-19(12-16)27-21(30)14-33-20-6-1-3-15(11-20)13-26-29-23(32)22(31)28-18-9-7-17(25)8-10-18/h1-13H,14H2,(H,27,30)(H,28,31)(H,29,32)/b26-13-.